The van der Waals surface area contributed by atoms with E-state index >= 15 is 0 Å². The summed E-state index contributed by atoms with van der Waals surface area (Å²) < 4.78 is 6.83. The summed E-state index contributed by atoms with van der Waals surface area (Å²) in [5.74, 6) is -0.307. The highest BCUT2D eigenvalue weighted by Crippen LogP contribution is 2.05. The third kappa shape index (κ3) is 2.81. The van der Waals surface area contributed by atoms with Gasteiger partial charge in [-0.3, -0.25) is 9.59 Å². The summed E-state index contributed by atoms with van der Waals surface area (Å²) >= 11 is 0. The number of carbonyl (C=O) groups is 1. The van der Waals surface area contributed by atoms with Crippen LogP contribution in [0.3, 0.4) is 0 Å². The van der Waals surface area contributed by atoms with Crippen molar-refractivity contribution in [3.05, 3.63) is 23.0 Å². The van der Waals surface area contributed by atoms with Crippen LogP contribution < -0.4 is 5.56 Å². The number of ether oxygens (including phenoxy) is 1. The summed E-state index contributed by atoms with van der Waals surface area (Å²) in [5.41, 5.74) is 0.499. The summed E-state index contributed by atoms with van der Waals surface area (Å²) in [6.07, 6.45) is 3.60. The van der Waals surface area contributed by atoms with Gasteiger partial charge >= 0.3 is 5.97 Å². The zero-order chi connectivity index (χ0) is 13.8. The molecule has 0 saturated heterocycles. The fraction of sp³-hybridized carbons (Fsp3) is 0.500. The number of H-pyrrole nitrogens is 1. The molecule has 19 heavy (non-hydrogen) atoms. The number of hydrogen-bond acceptors (Lipinski definition) is 5. The first-order chi connectivity index (χ1) is 9.13. The van der Waals surface area contributed by atoms with Gasteiger partial charge in [-0.2, -0.15) is 0 Å². The Morgan fingerprint density at radius 3 is 3.05 bits per heavy atom. The highest BCUT2D eigenvalue weighted by atomic mass is 16.5. The maximum atomic E-state index is 11.5. The molecule has 0 saturated carbocycles. The van der Waals surface area contributed by atoms with Gasteiger partial charge in [0.25, 0.3) is 5.56 Å². The summed E-state index contributed by atoms with van der Waals surface area (Å²) in [5, 5.41) is 0. The van der Waals surface area contributed by atoms with Crippen molar-refractivity contribution in [2.75, 3.05) is 6.61 Å². The molecule has 0 radical (unpaired) electrons. The second-order valence-corrected chi connectivity index (χ2v) is 4.32. The van der Waals surface area contributed by atoms with Crippen molar-refractivity contribution in [2.45, 2.75) is 26.8 Å². The van der Waals surface area contributed by atoms with E-state index in [2.05, 4.69) is 15.0 Å². The maximum absolute atomic E-state index is 11.5. The molecular weight excluding hydrogens is 248 g/mol. The summed E-state index contributed by atoms with van der Waals surface area (Å²) in [6.45, 7) is 4.43. The summed E-state index contributed by atoms with van der Waals surface area (Å²) in [6, 6.07) is 0. The van der Waals surface area contributed by atoms with E-state index in [4.69, 9.17) is 4.74 Å². The second-order valence-electron chi connectivity index (χ2n) is 4.32. The predicted molar refractivity (Wildman–Crippen MR) is 68.6 cm³/mol. The third-order valence-electron chi connectivity index (χ3n) is 3.00. The van der Waals surface area contributed by atoms with Crippen LogP contribution >= 0.6 is 0 Å². The molecule has 0 bridgehead atoms. The van der Waals surface area contributed by atoms with Crippen LogP contribution in [-0.4, -0.2) is 32.1 Å². The van der Waals surface area contributed by atoms with Crippen molar-refractivity contribution < 1.29 is 9.53 Å². The van der Waals surface area contributed by atoms with Gasteiger partial charge in [0.15, 0.2) is 11.2 Å². The predicted octanol–water partition coefficient (Wildman–Crippen LogP) is 0.709. The van der Waals surface area contributed by atoms with Crippen molar-refractivity contribution in [3.63, 3.8) is 0 Å². The van der Waals surface area contributed by atoms with E-state index in [1.165, 1.54) is 12.7 Å². The molecule has 2 aromatic rings. The Morgan fingerprint density at radius 1 is 1.53 bits per heavy atom. The van der Waals surface area contributed by atoms with E-state index in [-0.39, 0.29) is 29.6 Å². The first kappa shape index (κ1) is 13.3. The Kier molecular flexibility index (Phi) is 3.94. The van der Waals surface area contributed by atoms with E-state index in [1.807, 2.05) is 13.8 Å². The molecule has 0 fully saturated rings. The van der Waals surface area contributed by atoms with Crippen molar-refractivity contribution in [2.24, 2.45) is 5.92 Å². The molecule has 1 atom stereocenters. The minimum absolute atomic E-state index is 0.0968. The molecule has 2 rings (SSSR count). The highest BCUT2D eigenvalue weighted by Gasteiger charge is 2.12. The minimum atomic E-state index is -0.277. The van der Waals surface area contributed by atoms with Gasteiger partial charge in [0.05, 0.1) is 25.1 Å². The highest BCUT2D eigenvalue weighted by molar-refractivity contribution is 5.72. The van der Waals surface area contributed by atoms with Gasteiger partial charge in [-0.15, -0.1) is 0 Å². The molecule has 102 valence electrons. The van der Waals surface area contributed by atoms with Gasteiger partial charge in [0.1, 0.15) is 6.61 Å². The molecule has 0 amide bonds. The largest absolute Gasteiger partial charge is 0.464 e. The Bertz CT molecular complexity index is 631. The lowest BCUT2D eigenvalue weighted by molar-refractivity contribution is -0.148. The summed E-state index contributed by atoms with van der Waals surface area (Å²) in [7, 11) is 0. The number of carbonyl (C=O) groups excluding carboxylic acids is 1. The molecule has 0 aliphatic heterocycles. The number of imidazole rings is 1. The van der Waals surface area contributed by atoms with E-state index in [0.29, 0.717) is 12.2 Å². The molecule has 1 N–H and O–H groups in total. The lowest BCUT2D eigenvalue weighted by Crippen LogP contribution is -2.17. The lowest BCUT2D eigenvalue weighted by Gasteiger charge is -2.09. The quantitative estimate of drug-likeness (QED) is 0.803. The van der Waals surface area contributed by atoms with Crippen LogP contribution in [0.25, 0.3) is 11.2 Å². The molecule has 0 aromatic carbocycles. The number of aromatic nitrogens is 4. The molecule has 0 spiro atoms. The van der Waals surface area contributed by atoms with Crippen LogP contribution in [0.2, 0.25) is 0 Å². The van der Waals surface area contributed by atoms with E-state index in [0.717, 1.165) is 6.42 Å². The van der Waals surface area contributed by atoms with Gasteiger partial charge in [0, 0.05) is 0 Å². The topological polar surface area (TPSA) is 89.9 Å². The fourth-order valence-electron chi connectivity index (χ4n) is 1.61. The molecule has 1 unspecified atom stereocenters. The van der Waals surface area contributed by atoms with Crippen molar-refractivity contribution in [1.29, 1.82) is 0 Å². The zero-order valence-corrected chi connectivity index (χ0v) is 10.9. The number of fused-ring (bicyclic) bond motifs is 1. The van der Waals surface area contributed by atoms with Gasteiger partial charge in [-0.25, -0.2) is 9.97 Å². The smallest absolute Gasteiger partial charge is 0.308 e. The lowest BCUT2D eigenvalue weighted by atomic mass is 10.1. The molecular formula is C12H16N4O3. The fourth-order valence-corrected chi connectivity index (χ4v) is 1.61. The van der Waals surface area contributed by atoms with Crippen LogP contribution in [0.15, 0.2) is 17.4 Å². The molecule has 2 aromatic heterocycles. The van der Waals surface area contributed by atoms with Crippen LogP contribution in [0.1, 0.15) is 20.3 Å². The number of nitrogens with one attached hydrogen (secondary N) is 1. The number of esters is 1. The van der Waals surface area contributed by atoms with E-state index in [1.54, 1.807) is 4.57 Å². The van der Waals surface area contributed by atoms with Gasteiger partial charge in [-0.05, 0) is 6.42 Å². The summed E-state index contributed by atoms with van der Waals surface area (Å²) in [4.78, 5) is 33.4. The maximum Gasteiger partial charge on any atom is 0.308 e. The average Bonchev–Trinajstić information content (AvgIpc) is 2.82. The first-order valence-corrected chi connectivity index (χ1v) is 6.18. The normalized spacial score (nSPS) is 12.5. The monoisotopic (exact) mass is 264 g/mol. The molecule has 7 nitrogen and oxygen atoms in total. The van der Waals surface area contributed by atoms with Gasteiger partial charge in [-0.1, -0.05) is 13.8 Å². The Balaban J connectivity index is 2.01. The minimum Gasteiger partial charge on any atom is -0.464 e. The standard InChI is InChI=1S/C12H16N4O3/c1-3-8(2)12(18)19-5-4-16-7-15-9-10(16)13-6-14-11(9)17/h6-8H,3-5H2,1-2H3,(H,13,14,17). The number of nitrogens with zero attached hydrogens (tertiary/aromatic N) is 3. The molecule has 2 heterocycles. The molecule has 0 aliphatic carbocycles. The third-order valence-corrected chi connectivity index (χ3v) is 3.00. The van der Waals surface area contributed by atoms with Gasteiger partial charge < -0.3 is 14.3 Å². The second kappa shape index (κ2) is 5.64. The van der Waals surface area contributed by atoms with Crippen molar-refractivity contribution >= 4 is 17.1 Å². The van der Waals surface area contributed by atoms with Crippen LogP contribution in [0.5, 0.6) is 0 Å². The number of rotatable bonds is 5. The first-order valence-electron chi connectivity index (χ1n) is 6.18. The van der Waals surface area contributed by atoms with E-state index in [9.17, 15) is 9.59 Å². The van der Waals surface area contributed by atoms with Gasteiger partial charge in [0.2, 0.25) is 0 Å². The SMILES string of the molecule is CCC(C)C(=O)OCCn1cnc2c(=O)[nH]cnc21. The average molecular weight is 264 g/mol. The van der Waals surface area contributed by atoms with Crippen molar-refractivity contribution in [1.82, 2.24) is 19.5 Å². The zero-order valence-electron chi connectivity index (χ0n) is 10.9. The number of aromatic amines is 1. The Labute approximate surface area is 109 Å². The number of hydrogen-bond donors (Lipinski definition) is 1. The van der Waals surface area contributed by atoms with Crippen LogP contribution in [0.4, 0.5) is 0 Å². The van der Waals surface area contributed by atoms with Crippen LogP contribution in [0, 0.1) is 5.92 Å². The van der Waals surface area contributed by atoms with E-state index < -0.39 is 0 Å². The Morgan fingerprint density at radius 2 is 2.32 bits per heavy atom. The van der Waals surface area contributed by atoms with Crippen LogP contribution in [-0.2, 0) is 16.1 Å². The van der Waals surface area contributed by atoms with Crippen molar-refractivity contribution in [3.8, 4) is 0 Å². The molecule has 0 aliphatic rings. The molecule has 7 heteroatoms. The Hall–Kier alpha value is -2.18.